The predicted octanol–water partition coefficient (Wildman–Crippen LogP) is 2.94. The summed E-state index contributed by atoms with van der Waals surface area (Å²) in [5.74, 6) is 3.73. The lowest BCUT2D eigenvalue weighted by molar-refractivity contribution is 0.128. The first-order valence-corrected chi connectivity index (χ1v) is 7.39. The highest BCUT2D eigenvalue weighted by molar-refractivity contribution is 5.44. The van der Waals surface area contributed by atoms with Crippen molar-refractivity contribution in [3.05, 3.63) is 11.9 Å². The summed E-state index contributed by atoms with van der Waals surface area (Å²) in [4.78, 5) is 8.60. The molecule has 1 heterocycles. The molecule has 20 heavy (non-hydrogen) atoms. The van der Waals surface area contributed by atoms with Gasteiger partial charge in [0.25, 0.3) is 0 Å². The highest BCUT2D eigenvalue weighted by Crippen LogP contribution is 2.21. The molecule has 1 rings (SSSR count). The summed E-state index contributed by atoms with van der Waals surface area (Å²) in [6, 6.07) is 1.77. The highest BCUT2D eigenvalue weighted by Gasteiger charge is 2.17. The van der Waals surface area contributed by atoms with Crippen LogP contribution in [0.3, 0.4) is 0 Å². The third-order valence-electron chi connectivity index (χ3n) is 3.46. The maximum Gasteiger partial charge on any atom is 0.158 e. The van der Waals surface area contributed by atoms with Crippen LogP contribution in [0.5, 0.6) is 0 Å². The normalized spacial score (nSPS) is 11.6. The van der Waals surface area contributed by atoms with Crippen LogP contribution in [0.15, 0.2) is 6.07 Å². The zero-order chi connectivity index (χ0) is 15.1. The van der Waals surface area contributed by atoms with Gasteiger partial charge < -0.3 is 15.8 Å². The number of nitrogens with two attached hydrogens (primary N) is 1. The Morgan fingerprint density at radius 3 is 2.40 bits per heavy atom. The molecule has 0 aromatic carbocycles. The number of nitrogens with zero attached hydrogens (tertiary/aromatic N) is 2. The molecule has 0 bridgehead atoms. The summed E-state index contributed by atoms with van der Waals surface area (Å²) < 4.78 is 5.32. The van der Waals surface area contributed by atoms with Crippen LogP contribution >= 0.6 is 0 Å². The molecule has 0 radical (unpaired) electrons. The van der Waals surface area contributed by atoms with Gasteiger partial charge in [-0.05, 0) is 24.7 Å². The molecule has 0 saturated carbocycles. The lowest BCUT2D eigenvalue weighted by Crippen LogP contribution is -2.25. The first kappa shape index (κ1) is 16.7. The van der Waals surface area contributed by atoms with Gasteiger partial charge in [0.1, 0.15) is 18.2 Å². The molecule has 0 aliphatic heterocycles. The van der Waals surface area contributed by atoms with Crippen LogP contribution in [0.25, 0.3) is 0 Å². The topological polar surface area (TPSA) is 73.1 Å². The second kappa shape index (κ2) is 8.04. The Morgan fingerprint density at radius 1 is 1.20 bits per heavy atom. The van der Waals surface area contributed by atoms with Gasteiger partial charge in [0, 0.05) is 19.2 Å². The van der Waals surface area contributed by atoms with Crippen molar-refractivity contribution in [1.82, 2.24) is 9.97 Å². The molecule has 0 aliphatic rings. The summed E-state index contributed by atoms with van der Waals surface area (Å²) in [7, 11) is 0. The third kappa shape index (κ3) is 5.33. The number of nitrogens with one attached hydrogen (secondary N) is 1. The lowest BCUT2D eigenvalue weighted by atomic mass is 9.85. The van der Waals surface area contributed by atoms with Crippen LogP contribution in [0.2, 0.25) is 0 Å². The van der Waals surface area contributed by atoms with E-state index in [4.69, 9.17) is 10.5 Å². The van der Waals surface area contributed by atoms with Gasteiger partial charge in [-0.25, -0.2) is 9.97 Å². The second-order valence-corrected chi connectivity index (χ2v) is 5.76. The van der Waals surface area contributed by atoms with Crippen LogP contribution < -0.4 is 11.1 Å². The molecule has 0 fully saturated rings. The summed E-state index contributed by atoms with van der Waals surface area (Å²) in [6.45, 7) is 12.9. The van der Waals surface area contributed by atoms with E-state index in [1.54, 1.807) is 6.07 Å². The van der Waals surface area contributed by atoms with E-state index in [0.29, 0.717) is 42.6 Å². The largest absolute Gasteiger partial charge is 0.384 e. The van der Waals surface area contributed by atoms with Crippen molar-refractivity contribution < 1.29 is 4.74 Å². The fraction of sp³-hybridized carbons (Fsp3) is 0.733. The van der Waals surface area contributed by atoms with Gasteiger partial charge in [-0.15, -0.1) is 0 Å². The Bertz CT molecular complexity index is 399. The summed E-state index contributed by atoms with van der Waals surface area (Å²) in [5.41, 5.74) is 5.81. The van der Waals surface area contributed by atoms with Crippen molar-refractivity contribution in [3.8, 4) is 0 Å². The molecule has 3 N–H and O–H groups in total. The van der Waals surface area contributed by atoms with E-state index in [-0.39, 0.29) is 0 Å². The van der Waals surface area contributed by atoms with Gasteiger partial charge >= 0.3 is 0 Å². The SMILES string of the molecule is CCOCc1nc(N)cc(NCC(C(C)C)C(C)C)n1. The fourth-order valence-corrected chi connectivity index (χ4v) is 2.33. The molecular formula is C15H28N4O. The number of anilines is 2. The molecule has 0 saturated heterocycles. The van der Waals surface area contributed by atoms with E-state index in [2.05, 4.69) is 43.0 Å². The van der Waals surface area contributed by atoms with Crippen LogP contribution in [0.4, 0.5) is 11.6 Å². The van der Waals surface area contributed by atoms with Crippen LogP contribution in [-0.2, 0) is 11.3 Å². The molecular weight excluding hydrogens is 252 g/mol. The van der Waals surface area contributed by atoms with E-state index >= 15 is 0 Å². The number of ether oxygens (including phenoxy) is 1. The fourth-order valence-electron chi connectivity index (χ4n) is 2.33. The maximum absolute atomic E-state index is 5.81. The van der Waals surface area contributed by atoms with Gasteiger partial charge in [0.2, 0.25) is 0 Å². The average molecular weight is 280 g/mol. The average Bonchev–Trinajstić information content (AvgIpc) is 2.35. The van der Waals surface area contributed by atoms with Gasteiger partial charge in [-0.2, -0.15) is 0 Å². The van der Waals surface area contributed by atoms with Gasteiger partial charge in [-0.3, -0.25) is 0 Å². The standard InChI is InChI=1S/C15H28N4O/c1-6-20-9-15-18-13(16)7-14(19-15)17-8-12(10(2)3)11(4)5/h7,10-12H,6,8-9H2,1-5H3,(H3,16,17,18,19). The number of hydrogen-bond acceptors (Lipinski definition) is 5. The number of aromatic nitrogens is 2. The van der Waals surface area contributed by atoms with E-state index in [1.165, 1.54) is 0 Å². The van der Waals surface area contributed by atoms with E-state index in [0.717, 1.165) is 12.4 Å². The predicted molar refractivity (Wildman–Crippen MR) is 83.4 cm³/mol. The van der Waals surface area contributed by atoms with Crippen molar-refractivity contribution in [3.63, 3.8) is 0 Å². The molecule has 5 heteroatoms. The van der Waals surface area contributed by atoms with Crippen molar-refractivity contribution in [2.45, 2.75) is 41.2 Å². The Labute approximate surface area is 122 Å². The van der Waals surface area contributed by atoms with Crippen LogP contribution in [0, 0.1) is 17.8 Å². The first-order valence-electron chi connectivity index (χ1n) is 7.39. The molecule has 0 amide bonds. The van der Waals surface area contributed by atoms with Crippen LogP contribution in [-0.4, -0.2) is 23.1 Å². The Balaban J connectivity index is 2.69. The lowest BCUT2D eigenvalue weighted by Gasteiger charge is -2.25. The smallest absolute Gasteiger partial charge is 0.158 e. The molecule has 0 unspecified atom stereocenters. The molecule has 1 aromatic heterocycles. The van der Waals surface area contributed by atoms with E-state index < -0.39 is 0 Å². The molecule has 0 spiro atoms. The van der Waals surface area contributed by atoms with Gasteiger partial charge in [0.05, 0.1) is 0 Å². The first-order chi connectivity index (χ1) is 9.43. The zero-order valence-electron chi connectivity index (χ0n) is 13.3. The molecule has 114 valence electrons. The Kier molecular flexibility index (Phi) is 6.71. The molecule has 0 aliphatic carbocycles. The minimum Gasteiger partial charge on any atom is -0.384 e. The van der Waals surface area contributed by atoms with E-state index in [9.17, 15) is 0 Å². The van der Waals surface area contributed by atoms with Crippen molar-refractivity contribution in [1.29, 1.82) is 0 Å². The summed E-state index contributed by atoms with van der Waals surface area (Å²) in [5, 5.41) is 3.38. The quantitative estimate of drug-likeness (QED) is 0.766. The summed E-state index contributed by atoms with van der Waals surface area (Å²) in [6.07, 6.45) is 0. The van der Waals surface area contributed by atoms with Crippen LogP contribution in [0.1, 0.15) is 40.4 Å². The van der Waals surface area contributed by atoms with Crippen molar-refractivity contribution in [2.75, 3.05) is 24.2 Å². The van der Waals surface area contributed by atoms with Crippen molar-refractivity contribution >= 4 is 11.6 Å². The number of hydrogen-bond donors (Lipinski definition) is 2. The third-order valence-corrected chi connectivity index (χ3v) is 3.46. The maximum atomic E-state index is 5.81. The molecule has 5 nitrogen and oxygen atoms in total. The number of rotatable bonds is 8. The van der Waals surface area contributed by atoms with Gasteiger partial charge in [-0.1, -0.05) is 27.7 Å². The zero-order valence-corrected chi connectivity index (χ0v) is 13.3. The van der Waals surface area contributed by atoms with Crippen molar-refractivity contribution in [2.24, 2.45) is 17.8 Å². The molecule has 0 atom stereocenters. The highest BCUT2D eigenvalue weighted by atomic mass is 16.5. The van der Waals surface area contributed by atoms with E-state index in [1.807, 2.05) is 6.92 Å². The minimum atomic E-state index is 0.397. The minimum absolute atomic E-state index is 0.397. The number of nitrogen functional groups attached to an aromatic ring is 1. The molecule has 1 aromatic rings. The summed E-state index contributed by atoms with van der Waals surface area (Å²) >= 11 is 0. The Hall–Kier alpha value is -1.36. The monoisotopic (exact) mass is 280 g/mol. The Morgan fingerprint density at radius 2 is 1.85 bits per heavy atom. The second-order valence-electron chi connectivity index (χ2n) is 5.76. The van der Waals surface area contributed by atoms with Gasteiger partial charge in [0.15, 0.2) is 5.82 Å².